The predicted molar refractivity (Wildman–Crippen MR) is 303 cm³/mol. The molecule has 2 aromatic carbocycles. The highest BCUT2D eigenvalue weighted by atomic mass is 16.6. The monoisotopic (exact) mass is 1060 g/mol. The van der Waals surface area contributed by atoms with Crippen LogP contribution in [0, 0.1) is 69.0 Å². The Labute approximate surface area is 461 Å². The summed E-state index contributed by atoms with van der Waals surface area (Å²) in [7, 11) is 1.94. The van der Waals surface area contributed by atoms with Crippen molar-refractivity contribution in [2.45, 2.75) is 230 Å². The molecule has 422 valence electrons. The Morgan fingerprint density at radius 3 is 2.44 bits per heavy atom. The first-order valence-electron chi connectivity index (χ1n) is 31.5. The molecule has 10 nitrogen and oxygen atoms in total. The second-order valence-electron chi connectivity index (χ2n) is 29.0. The number of β-amino-alcohol motifs (C(OH)–C–C–N with tert-alkyl or cyclic N) is 1. The number of hydrogen-bond acceptors (Lipinski definition) is 10. The Bertz CT molecular complexity index is 2590. The van der Waals surface area contributed by atoms with E-state index in [1.165, 1.54) is 30.4 Å². The van der Waals surface area contributed by atoms with Crippen molar-refractivity contribution in [2.24, 2.45) is 69.0 Å². The molecule has 0 aromatic heterocycles. The molecule has 8 aliphatic carbocycles. The maximum Gasteiger partial charge on any atom is 0.160 e. The van der Waals surface area contributed by atoms with E-state index in [0.29, 0.717) is 55.9 Å². The summed E-state index contributed by atoms with van der Waals surface area (Å²) >= 11 is 0. The number of aliphatic hydroxyl groups excluding tert-OH is 2. The molecular formula is C67H97N3O7. The number of nitrogens with two attached hydrogens (primary N) is 1. The molecule has 12 rings (SSSR count). The number of phenolic OH excluding ortho intramolecular Hbond substituents is 1. The predicted octanol–water partition coefficient (Wildman–Crippen LogP) is 11.6. The largest absolute Gasteiger partial charge is 0.508 e. The number of aromatic hydroxyl groups is 1. The fourth-order valence-electron chi connectivity index (χ4n) is 21.9. The molecule has 10 heteroatoms. The molecule has 8 N–H and O–H groups in total. The Morgan fingerprint density at radius 2 is 1.66 bits per heavy atom. The first-order chi connectivity index (χ1) is 36.9. The second-order valence-corrected chi connectivity index (χ2v) is 29.0. The van der Waals surface area contributed by atoms with Crippen molar-refractivity contribution in [3.05, 3.63) is 70.3 Å². The van der Waals surface area contributed by atoms with Crippen LogP contribution >= 0.6 is 0 Å². The molecule has 8 fully saturated rings. The number of phenols is 1. The molecule has 2 aromatic rings. The van der Waals surface area contributed by atoms with E-state index in [2.05, 4.69) is 55.7 Å². The number of ketones is 2. The molecule has 0 radical (unpaired) electrons. The van der Waals surface area contributed by atoms with E-state index in [1.54, 1.807) is 0 Å². The van der Waals surface area contributed by atoms with Crippen LogP contribution in [0.5, 0.6) is 5.75 Å². The number of carbonyl (C=O) groups is 2. The van der Waals surface area contributed by atoms with Gasteiger partial charge in [0.15, 0.2) is 5.78 Å². The zero-order valence-corrected chi connectivity index (χ0v) is 47.7. The van der Waals surface area contributed by atoms with Gasteiger partial charge >= 0.3 is 0 Å². The molecule has 2 saturated heterocycles. The van der Waals surface area contributed by atoms with Gasteiger partial charge in [0.25, 0.3) is 0 Å². The molecule has 2 heterocycles. The molecule has 18 atom stereocenters. The molecule has 0 amide bonds. The number of ether oxygens (including phenoxy) is 1. The molecule has 4 bridgehead atoms. The van der Waals surface area contributed by atoms with Crippen molar-refractivity contribution >= 4 is 17.3 Å². The zero-order valence-electron chi connectivity index (χ0n) is 47.7. The van der Waals surface area contributed by atoms with E-state index >= 15 is 9.59 Å². The number of Topliss-reactive ketones (excluding diaryl/α,β-unsaturated/α-hetero) is 2. The highest BCUT2D eigenvalue weighted by Gasteiger charge is 2.76. The number of nitrogens with one attached hydrogen (secondary N) is 2. The van der Waals surface area contributed by atoms with Gasteiger partial charge in [-0.1, -0.05) is 89.0 Å². The lowest BCUT2D eigenvalue weighted by molar-refractivity contribution is -0.233. The molecule has 2 aliphatic heterocycles. The van der Waals surface area contributed by atoms with Gasteiger partial charge in [-0.2, -0.15) is 0 Å². The number of rotatable bonds is 10. The summed E-state index contributed by atoms with van der Waals surface area (Å²) in [5.41, 5.74) is 9.86. The van der Waals surface area contributed by atoms with Crippen molar-refractivity contribution in [2.75, 3.05) is 25.9 Å². The van der Waals surface area contributed by atoms with Crippen molar-refractivity contribution < 1.29 is 34.8 Å². The number of carbonyl (C=O) groups excluding carboxylic acids is 2. The number of hydrogen-bond donors (Lipinski definition) is 7. The fourth-order valence-corrected chi connectivity index (χ4v) is 21.9. The van der Waals surface area contributed by atoms with Crippen LogP contribution in [0.25, 0.3) is 0 Å². The average Bonchev–Trinajstić information content (AvgIpc) is 3.18. The Balaban J connectivity index is 0.996. The number of epoxide rings is 1. The lowest BCUT2D eigenvalue weighted by atomic mass is 9.30. The summed E-state index contributed by atoms with van der Waals surface area (Å²) in [6.07, 6.45) is 21.9. The van der Waals surface area contributed by atoms with Crippen LogP contribution in [0.4, 0.5) is 5.69 Å². The third-order valence-electron chi connectivity index (χ3n) is 25.0. The summed E-state index contributed by atoms with van der Waals surface area (Å²) in [5.74, 6) is 2.48. The van der Waals surface area contributed by atoms with Gasteiger partial charge in [-0.05, 0) is 228 Å². The van der Waals surface area contributed by atoms with Crippen LogP contribution in [0.1, 0.15) is 210 Å². The minimum absolute atomic E-state index is 0.0308. The zero-order chi connectivity index (χ0) is 53.9. The summed E-state index contributed by atoms with van der Waals surface area (Å²) in [5, 5.41) is 54.9. The van der Waals surface area contributed by atoms with Crippen molar-refractivity contribution in [3.63, 3.8) is 0 Å². The lowest BCUT2D eigenvalue weighted by Gasteiger charge is -2.74. The summed E-state index contributed by atoms with van der Waals surface area (Å²) < 4.78 is 6.83. The topological polar surface area (TPSA) is 178 Å². The van der Waals surface area contributed by atoms with Gasteiger partial charge in [0.05, 0.1) is 17.3 Å². The van der Waals surface area contributed by atoms with Crippen LogP contribution in [0.3, 0.4) is 0 Å². The second kappa shape index (κ2) is 20.4. The van der Waals surface area contributed by atoms with Crippen molar-refractivity contribution in [1.29, 1.82) is 0 Å². The van der Waals surface area contributed by atoms with Crippen LogP contribution in [-0.4, -0.2) is 81.6 Å². The number of anilines is 1. The Morgan fingerprint density at radius 1 is 0.857 bits per heavy atom. The van der Waals surface area contributed by atoms with Gasteiger partial charge in [0, 0.05) is 54.6 Å². The molecule has 0 unspecified atom stereocenters. The number of nitrogen functional groups attached to an aromatic ring is 1. The SMILES string of the molecule is CNCc1cc(O)cc([C@H]2C[C@@]3(C4CCCCC4)[C@H]4CCC5=C6C(=O)C[C@]5(C)[C@@]4(CCC[C@@H]4CC[C@@H](CO)C[C@@H]4[C@@H]6C[C@@H](O)[C@H]4O[C@]4(C)[C@H]4CCC[C@H]4c4cccc(N)c4)C[C@@H]4NC[C@@](C)(O)CCCC[C@@](C)(C2=O)[C@H]43)c1. The van der Waals surface area contributed by atoms with E-state index < -0.39 is 28.1 Å². The van der Waals surface area contributed by atoms with E-state index in [1.807, 2.05) is 32.2 Å². The summed E-state index contributed by atoms with van der Waals surface area (Å²) in [4.78, 5) is 32.2. The molecule has 1 spiro atoms. The van der Waals surface area contributed by atoms with Crippen LogP contribution in [0.15, 0.2) is 53.6 Å². The highest BCUT2D eigenvalue weighted by Crippen LogP contribution is 2.79. The molecule has 10 aliphatic rings. The molecule has 6 saturated carbocycles. The molecule has 77 heavy (non-hydrogen) atoms. The number of aliphatic hydroxyl groups is 3. The summed E-state index contributed by atoms with van der Waals surface area (Å²) in [6, 6.07) is 14.3. The third kappa shape index (κ3) is 8.90. The van der Waals surface area contributed by atoms with Crippen molar-refractivity contribution in [3.8, 4) is 5.75 Å². The van der Waals surface area contributed by atoms with E-state index in [0.717, 1.165) is 138 Å². The van der Waals surface area contributed by atoms with Gasteiger partial charge in [0.1, 0.15) is 17.6 Å². The van der Waals surface area contributed by atoms with Crippen LogP contribution < -0.4 is 16.4 Å². The standard InChI is InChI=1S/C67H97N3O7/c1-62(76)25-9-10-26-63(2)59-54(70-39-62)35-66-27-13-15-42-22-21-40(38-71)30-49(42)50(33-55(73)61-65(4,77-61)52-20-12-19-48(52)43-14-11-18-46(68)31-43)58-53(64(66,3)36-56(58)74)23-24-57(66)67(59,45-16-7-6-8-17-45)34-51(60(63)75)44-28-41(37-69-5)29-47(72)32-44/h11,14,18,28-29,31-32,40,42,45,48-52,54-55,57,59,61,69-73,76H,6-10,12-13,15-17,19-27,30,33-39,68H2,1-5H3/t40-,42-,48+,49+,50+,51-,52+,54+,55-,57+,59+,61-,62+,63-,64+,65-,66+,67-/m1/s1. The smallest absolute Gasteiger partial charge is 0.160 e. The first kappa shape index (κ1) is 54.5. The maximum atomic E-state index is 16.2. The average molecular weight is 1060 g/mol. The normalized spacial score (nSPS) is 44.7. The minimum Gasteiger partial charge on any atom is -0.508 e. The van der Waals surface area contributed by atoms with Crippen molar-refractivity contribution in [1.82, 2.24) is 10.6 Å². The Kier molecular flexibility index (Phi) is 14.4. The minimum atomic E-state index is -0.886. The van der Waals surface area contributed by atoms with E-state index in [9.17, 15) is 20.4 Å². The number of fused-ring (bicyclic) bond motifs is 2. The highest BCUT2D eigenvalue weighted by molar-refractivity contribution is 6.01. The van der Waals surface area contributed by atoms with Gasteiger partial charge in [-0.15, -0.1) is 0 Å². The van der Waals surface area contributed by atoms with Gasteiger partial charge in [-0.25, -0.2) is 0 Å². The van der Waals surface area contributed by atoms with E-state index in [-0.39, 0.29) is 82.5 Å². The number of benzene rings is 2. The first-order valence-corrected chi connectivity index (χ1v) is 31.5. The molecular weight excluding hydrogens is 959 g/mol. The van der Waals surface area contributed by atoms with Gasteiger partial charge in [-0.3, -0.25) is 9.59 Å². The maximum absolute atomic E-state index is 16.2. The fraction of sp³-hybridized carbons (Fsp3) is 0.761. The Hall–Kier alpha value is -3.12. The van der Waals surface area contributed by atoms with E-state index in [4.69, 9.17) is 10.5 Å². The third-order valence-corrected chi connectivity index (χ3v) is 25.0. The quantitative estimate of drug-likeness (QED) is 0.0895. The van der Waals surface area contributed by atoms with Gasteiger partial charge in [0.2, 0.25) is 0 Å². The van der Waals surface area contributed by atoms with Crippen LogP contribution in [-0.2, 0) is 20.9 Å². The van der Waals surface area contributed by atoms with Gasteiger partial charge < -0.3 is 41.5 Å². The lowest BCUT2D eigenvalue weighted by Crippen LogP contribution is -2.73. The number of allylic oxidation sites excluding steroid dienone is 2. The van der Waals surface area contributed by atoms with Crippen LogP contribution in [0.2, 0.25) is 0 Å². The summed E-state index contributed by atoms with van der Waals surface area (Å²) in [6.45, 7) is 10.4.